The van der Waals surface area contributed by atoms with E-state index in [-0.39, 0.29) is 29.6 Å². The van der Waals surface area contributed by atoms with Crippen LogP contribution < -0.4 is 15.0 Å². The fraction of sp³-hybridized carbons (Fsp3) is 0.519. The number of benzene rings is 1. The van der Waals surface area contributed by atoms with Gasteiger partial charge in [-0.3, -0.25) is 9.88 Å². The van der Waals surface area contributed by atoms with Crippen molar-refractivity contribution >= 4 is 16.7 Å². The highest BCUT2D eigenvalue weighted by Crippen LogP contribution is 2.42. The summed E-state index contributed by atoms with van der Waals surface area (Å²) in [6, 6.07) is 2.55. The predicted octanol–water partition coefficient (Wildman–Crippen LogP) is 4.74. The first-order valence-corrected chi connectivity index (χ1v) is 13.3. The van der Waals surface area contributed by atoms with Crippen LogP contribution in [-0.4, -0.2) is 77.4 Å². The first-order valence-electron chi connectivity index (χ1n) is 13.3. The molecule has 3 aliphatic heterocycles. The van der Waals surface area contributed by atoms with Crippen molar-refractivity contribution < 1.29 is 31.1 Å². The van der Waals surface area contributed by atoms with Crippen LogP contribution in [0.1, 0.15) is 31.2 Å². The Morgan fingerprint density at radius 3 is 2.80 bits per heavy atom. The number of likely N-dealkylation sites (N-methyl/N-ethyl adjacent to an activating group) is 1. The van der Waals surface area contributed by atoms with E-state index in [0.29, 0.717) is 31.4 Å². The van der Waals surface area contributed by atoms with Crippen LogP contribution in [0.3, 0.4) is 0 Å². The molecule has 0 spiro atoms. The van der Waals surface area contributed by atoms with Crippen molar-refractivity contribution in [3.8, 4) is 17.3 Å². The number of aromatic nitrogens is 3. The Balaban J connectivity index is 1.46. The highest BCUT2D eigenvalue weighted by atomic mass is 19.4. The molecule has 13 heteroatoms. The third-order valence-electron chi connectivity index (χ3n) is 8.34. The molecule has 214 valence electrons. The fourth-order valence-corrected chi connectivity index (χ4v) is 6.34. The van der Waals surface area contributed by atoms with Gasteiger partial charge in [-0.1, -0.05) is 12.1 Å². The van der Waals surface area contributed by atoms with E-state index in [1.807, 2.05) is 4.90 Å². The topological polar surface area (TPSA) is 66.4 Å². The summed E-state index contributed by atoms with van der Waals surface area (Å²) in [6.07, 6.45) is -2.10. The van der Waals surface area contributed by atoms with E-state index in [9.17, 15) is 22.0 Å². The van der Waals surface area contributed by atoms with Crippen molar-refractivity contribution in [2.24, 2.45) is 0 Å². The minimum absolute atomic E-state index is 0.0137. The lowest BCUT2D eigenvalue weighted by molar-refractivity contribution is -0.139. The number of hydrogen-bond acceptors (Lipinski definition) is 7. The van der Waals surface area contributed by atoms with Crippen LogP contribution in [0.4, 0.5) is 32.2 Å². The summed E-state index contributed by atoms with van der Waals surface area (Å²) < 4.78 is 91.9. The van der Waals surface area contributed by atoms with E-state index >= 15 is 4.39 Å². The number of nitrogens with zero attached hydrogens (tertiary/aromatic N) is 5. The minimum Gasteiger partial charge on any atom is -0.461 e. The lowest BCUT2D eigenvalue weighted by Gasteiger charge is -2.31. The molecule has 2 aromatic heterocycles. The quantitative estimate of drug-likeness (QED) is 0.433. The van der Waals surface area contributed by atoms with Crippen molar-refractivity contribution in [3.05, 3.63) is 41.6 Å². The maximum Gasteiger partial charge on any atom is 0.419 e. The number of anilines is 1. The first-order chi connectivity index (χ1) is 19.1. The number of ether oxygens (including phenoxy) is 1. The Hall–Kier alpha value is -3.19. The van der Waals surface area contributed by atoms with Crippen LogP contribution in [0.5, 0.6) is 6.01 Å². The Morgan fingerprint density at radius 1 is 1.23 bits per heavy atom. The molecule has 7 nitrogen and oxygen atoms in total. The zero-order valence-corrected chi connectivity index (χ0v) is 21.7. The van der Waals surface area contributed by atoms with Crippen LogP contribution in [0, 0.1) is 11.6 Å². The Labute approximate surface area is 226 Å². The predicted molar refractivity (Wildman–Crippen MR) is 136 cm³/mol. The molecule has 3 aromatic rings. The zero-order valence-electron chi connectivity index (χ0n) is 21.7. The largest absolute Gasteiger partial charge is 0.461 e. The maximum atomic E-state index is 16.1. The summed E-state index contributed by atoms with van der Waals surface area (Å²) in [5, 5.41) is 3.43. The van der Waals surface area contributed by atoms with Gasteiger partial charge in [0.25, 0.3) is 0 Å². The smallest absolute Gasteiger partial charge is 0.419 e. The van der Waals surface area contributed by atoms with Crippen molar-refractivity contribution in [2.45, 2.75) is 49.6 Å². The van der Waals surface area contributed by atoms with E-state index in [1.54, 1.807) is 7.05 Å². The van der Waals surface area contributed by atoms with Gasteiger partial charge in [-0.05, 0) is 38.4 Å². The summed E-state index contributed by atoms with van der Waals surface area (Å²) >= 11 is 0. The zero-order chi connectivity index (χ0) is 28.2. The number of fused-ring (bicyclic) bond motifs is 2. The molecule has 1 N–H and O–H groups in total. The second-order valence-corrected chi connectivity index (χ2v) is 10.8. The molecule has 3 aliphatic rings. The standard InChI is InChI=1S/C27H28F6N6O/c1-38(16-6-8-34-11-16)24-18-12-35-22(17-4-2-5-19(29)20(17)27(31,32)33)21(30)23(18)36-25(37-24)40-14-26-7-3-9-39(26)13-15(28)10-26/h2,4-5,12,15-16,34H,3,6-11,13-14H2,1H3/t15-,16-,26+/m1/s1. The van der Waals surface area contributed by atoms with Gasteiger partial charge >= 0.3 is 12.2 Å². The third kappa shape index (κ3) is 4.62. The van der Waals surface area contributed by atoms with E-state index < -0.39 is 46.3 Å². The molecular weight excluding hydrogens is 538 g/mol. The van der Waals surface area contributed by atoms with Gasteiger partial charge in [0.2, 0.25) is 0 Å². The summed E-state index contributed by atoms with van der Waals surface area (Å²) in [4.78, 5) is 16.7. The fourth-order valence-electron chi connectivity index (χ4n) is 6.34. The number of pyridine rings is 1. The minimum atomic E-state index is -5.08. The molecule has 3 saturated heterocycles. The number of rotatable bonds is 6. The van der Waals surface area contributed by atoms with Gasteiger partial charge < -0.3 is 15.0 Å². The molecule has 0 aliphatic carbocycles. The number of nitrogens with one attached hydrogen (secondary N) is 1. The molecule has 0 amide bonds. The lowest BCUT2D eigenvalue weighted by atomic mass is 9.95. The van der Waals surface area contributed by atoms with Gasteiger partial charge in [0.05, 0.1) is 10.9 Å². The van der Waals surface area contributed by atoms with Crippen molar-refractivity contribution in [3.63, 3.8) is 0 Å². The van der Waals surface area contributed by atoms with Crippen LogP contribution >= 0.6 is 0 Å². The van der Waals surface area contributed by atoms with Gasteiger partial charge in [0.1, 0.15) is 41.2 Å². The normalized spacial score (nSPS) is 25.1. The van der Waals surface area contributed by atoms with E-state index in [0.717, 1.165) is 44.5 Å². The Kier molecular flexibility index (Phi) is 6.76. The first kappa shape index (κ1) is 27.0. The summed E-state index contributed by atoms with van der Waals surface area (Å²) in [5.74, 6) is -2.38. The summed E-state index contributed by atoms with van der Waals surface area (Å²) in [7, 11) is 1.78. The van der Waals surface area contributed by atoms with Crippen molar-refractivity contribution in [1.82, 2.24) is 25.2 Å². The molecule has 0 radical (unpaired) electrons. The van der Waals surface area contributed by atoms with Crippen molar-refractivity contribution in [1.29, 1.82) is 0 Å². The molecule has 5 heterocycles. The summed E-state index contributed by atoms with van der Waals surface area (Å²) in [5.41, 5.74) is -3.83. The molecule has 3 fully saturated rings. The van der Waals surface area contributed by atoms with E-state index in [2.05, 4.69) is 25.2 Å². The van der Waals surface area contributed by atoms with Crippen molar-refractivity contribution in [2.75, 3.05) is 44.7 Å². The van der Waals surface area contributed by atoms with Gasteiger partial charge in [-0.2, -0.15) is 23.1 Å². The second kappa shape index (κ2) is 10.0. The second-order valence-electron chi connectivity index (χ2n) is 10.8. The highest BCUT2D eigenvalue weighted by Gasteiger charge is 2.49. The highest BCUT2D eigenvalue weighted by molar-refractivity contribution is 5.92. The Bertz CT molecular complexity index is 1430. The number of halogens is 6. The van der Waals surface area contributed by atoms with Crippen LogP contribution in [0.25, 0.3) is 22.2 Å². The SMILES string of the molecule is CN(c1nc(OC[C@@]23CCCN2C[C@H](F)C3)nc2c(F)c(-c3cccc(F)c3C(F)(F)F)ncc12)[C@@H]1CCNC1. The van der Waals surface area contributed by atoms with Crippen LogP contribution in [0.2, 0.25) is 0 Å². The van der Waals surface area contributed by atoms with Gasteiger partial charge in [0, 0.05) is 44.4 Å². The van der Waals surface area contributed by atoms with E-state index in [4.69, 9.17) is 4.74 Å². The van der Waals surface area contributed by atoms with Crippen LogP contribution in [0.15, 0.2) is 24.4 Å². The Morgan fingerprint density at radius 2 is 2.05 bits per heavy atom. The monoisotopic (exact) mass is 566 g/mol. The third-order valence-corrected chi connectivity index (χ3v) is 8.34. The number of hydrogen-bond donors (Lipinski definition) is 1. The molecule has 0 unspecified atom stereocenters. The molecule has 3 atom stereocenters. The molecule has 0 saturated carbocycles. The van der Waals surface area contributed by atoms with Crippen LogP contribution in [-0.2, 0) is 6.18 Å². The summed E-state index contributed by atoms with van der Waals surface area (Å²) in [6.45, 7) is 2.60. The van der Waals surface area contributed by atoms with Gasteiger partial charge in [-0.15, -0.1) is 0 Å². The molecule has 6 rings (SSSR count). The van der Waals surface area contributed by atoms with E-state index in [1.165, 1.54) is 6.20 Å². The van der Waals surface area contributed by atoms with Gasteiger partial charge in [-0.25, -0.2) is 13.2 Å². The molecular formula is C27H28F6N6O. The maximum absolute atomic E-state index is 16.1. The number of alkyl halides is 4. The molecule has 1 aromatic carbocycles. The lowest BCUT2D eigenvalue weighted by Crippen LogP contribution is -2.43. The molecule has 0 bridgehead atoms. The van der Waals surface area contributed by atoms with Gasteiger partial charge in [0.15, 0.2) is 5.82 Å². The average Bonchev–Trinajstić information content (AvgIpc) is 3.63. The molecule has 40 heavy (non-hydrogen) atoms. The average molecular weight is 567 g/mol.